The predicted octanol–water partition coefficient (Wildman–Crippen LogP) is 3.70. The largest absolute Gasteiger partial charge is 0.358 e. The number of benzene rings is 1. The number of para-hydroxylation sites is 1. The van der Waals surface area contributed by atoms with Gasteiger partial charge in [0.2, 0.25) is 5.95 Å². The molecule has 0 bridgehead atoms. The molecule has 25 heavy (non-hydrogen) atoms. The fraction of sp³-hybridized carbons (Fsp3) is 0.368. The van der Waals surface area contributed by atoms with E-state index in [1.54, 1.807) is 18.5 Å². The lowest BCUT2D eigenvalue weighted by atomic mass is 9.95. The molecule has 0 spiro atoms. The highest BCUT2D eigenvalue weighted by molar-refractivity contribution is 5.94. The second kappa shape index (κ2) is 6.44. The Labute approximate surface area is 146 Å². The zero-order valence-corrected chi connectivity index (χ0v) is 14.4. The molecule has 1 saturated heterocycles. The van der Waals surface area contributed by atoms with Gasteiger partial charge in [0.15, 0.2) is 0 Å². The van der Waals surface area contributed by atoms with Crippen molar-refractivity contribution in [2.24, 2.45) is 0 Å². The van der Waals surface area contributed by atoms with Crippen molar-refractivity contribution in [3.63, 3.8) is 0 Å². The van der Waals surface area contributed by atoms with Crippen LogP contribution in [0.25, 0.3) is 22.2 Å². The maximum Gasteiger partial charge on any atom is 0.223 e. The fourth-order valence-electron chi connectivity index (χ4n) is 3.78. The number of fused-ring (bicyclic) bond motifs is 1. The molecule has 1 aliphatic heterocycles. The number of nitrogens with zero attached hydrogens (tertiary/aromatic N) is 2. The van der Waals surface area contributed by atoms with Crippen molar-refractivity contribution in [3.05, 3.63) is 42.5 Å². The van der Waals surface area contributed by atoms with E-state index in [9.17, 15) is 4.39 Å². The zero-order chi connectivity index (χ0) is 17.4. The van der Waals surface area contributed by atoms with E-state index in [0.29, 0.717) is 29.6 Å². The first-order valence-electron chi connectivity index (χ1n) is 8.72. The normalized spacial score (nSPS) is 23.7. The molecule has 1 aliphatic rings. The van der Waals surface area contributed by atoms with Crippen molar-refractivity contribution in [2.45, 2.75) is 44.8 Å². The average Bonchev–Trinajstić information content (AvgIpc) is 2.99. The molecular weight excluding hydrogens is 317 g/mol. The minimum Gasteiger partial charge on any atom is -0.358 e. The van der Waals surface area contributed by atoms with E-state index < -0.39 is 0 Å². The number of piperidine rings is 1. The minimum absolute atomic E-state index is 0.256. The Morgan fingerprint density at radius 2 is 1.96 bits per heavy atom. The summed E-state index contributed by atoms with van der Waals surface area (Å²) in [6.45, 7) is 4.39. The highest BCUT2D eigenvalue weighted by Gasteiger charge is 2.23. The van der Waals surface area contributed by atoms with Crippen molar-refractivity contribution in [1.82, 2.24) is 20.3 Å². The van der Waals surface area contributed by atoms with Crippen LogP contribution in [0.4, 0.5) is 10.3 Å². The van der Waals surface area contributed by atoms with E-state index in [2.05, 4.69) is 39.4 Å². The molecule has 6 heteroatoms. The van der Waals surface area contributed by atoms with Gasteiger partial charge in [-0.15, -0.1) is 0 Å². The first-order valence-corrected chi connectivity index (χ1v) is 8.72. The van der Waals surface area contributed by atoms with E-state index in [4.69, 9.17) is 0 Å². The number of halogens is 1. The van der Waals surface area contributed by atoms with Gasteiger partial charge in [-0.05, 0) is 38.8 Å². The number of aromatic amines is 1. The molecule has 3 aromatic rings. The first kappa shape index (κ1) is 16.0. The summed E-state index contributed by atoms with van der Waals surface area (Å²) in [5.41, 5.74) is 2.17. The zero-order valence-electron chi connectivity index (χ0n) is 14.4. The van der Waals surface area contributed by atoms with E-state index in [1.807, 2.05) is 12.1 Å². The van der Waals surface area contributed by atoms with Gasteiger partial charge in [0, 0.05) is 41.5 Å². The Morgan fingerprint density at radius 3 is 2.76 bits per heavy atom. The van der Waals surface area contributed by atoms with Crippen molar-refractivity contribution in [3.8, 4) is 11.3 Å². The Morgan fingerprint density at radius 1 is 1.16 bits per heavy atom. The van der Waals surface area contributed by atoms with Crippen LogP contribution in [0.1, 0.15) is 26.7 Å². The molecule has 3 heterocycles. The van der Waals surface area contributed by atoms with Gasteiger partial charge in [0.05, 0.1) is 11.2 Å². The van der Waals surface area contributed by atoms with Crippen molar-refractivity contribution in [1.29, 1.82) is 0 Å². The van der Waals surface area contributed by atoms with Crippen molar-refractivity contribution >= 4 is 16.9 Å². The monoisotopic (exact) mass is 339 g/mol. The van der Waals surface area contributed by atoms with Crippen LogP contribution in [0.5, 0.6) is 0 Å². The molecule has 1 fully saturated rings. The van der Waals surface area contributed by atoms with Gasteiger partial charge >= 0.3 is 0 Å². The quantitative estimate of drug-likeness (QED) is 0.681. The van der Waals surface area contributed by atoms with Crippen molar-refractivity contribution in [2.75, 3.05) is 5.32 Å². The lowest BCUT2D eigenvalue weighted by Crippen LogP contribution is -2.46. The lowest BCUT2D eigenvalue weighted by molar-refractivity contribution is 0.329. The maximum atomic E-state index is 13.9. The number of anilines is 1. The topological polar surface area (TPSA) is 65.6 Å². The summed E-state index contributed by atoms with van der Waals surface area (Å²) in [6.07, 6.45) is 5.62. The summed E-state index contributed by atoms with van der Waals surface area (Å²) in [6, 6.07) is 8.22. The first-order chi connectivity index (χ1) is 12.1. The number of nitrogens with one attached hydrogen (secondary N) is 3. The van der Waals surface area contributed by atoms with Crippen LogP contribution in [0.15, 0.2) is 36.7 Å². The Hall–Kier alpha value is -2.47. The molecule has 1 aromatic carbocycles. The van der Waals surface area contributed by atoms with Crippen molar-refractivity contribution < 1.29 is 4.39 Å². The summed E-state index contributed by atoms with van der Waals surface area (Å²) >= 11 is 0. The summed E-state index contributed by atoms with van der Waals surface area (Å²) in [7, 11) is 0. The van der Waals surface area contributed by atoms with Crippen LogP contribution >= 0.6 is 0 Å². The van der Waals surface area contributed by atoms with E-state index in [1.165, 1.54) is 6.07 Å². The summed E-state index contributed by atoms with van der Waals surface area (Å²) in [5.74, 6) is 0.364. The molecule has 0 radical (unpaired) electrons. The molecule has 4 rings (SSSR count). The number of H-pyrrole nitrogens is 1. The fourth-order valence-corrected chi connectivity index (χ4v) is 3.78. The van der Waals surface area contributed by atoms with E-state index in [0.717, 1.165) is 29.5 Å². The standard InChI is InChI=1S/C19H22FN5/c1-11-8-13(9-12(2)23-11)24-19-21-7-6-17(25-19)15-10-22-18-14(15)4-3-5-16(18)20/h3-7,10-13,22-23H,8-9H2,1-2H3,(H,21,24,25)/t11-,12+,13?. The highest BCUT2D eigenvalue weighted by Crippen LogP contribution is 2.29. The second-order valence-electron chi connectivity index (χ2n) is 6.91. The SMILES string of the molecule is C[C@@H]1CC(Nc2nccc(-c3c[nH]c4c(F)cccc34)n2)C[C@H](C)N1. The molecule has 0 amide bonds. The Balaban J connectivity index is 1.62. The van der Waals surface area contributed by atoms with Gasteiger partial charge in [0.1, 0.15) is 5.82 Å². The molecule has 0 saturated carbocycles. The second-order valence-corrected chi connectivity index (χ2v) is 6.91. The lowest BCUT2D eigenvalue weighted by Gasteiger charge is -2.33. The van der Waals surface area contributed by atoms with Crippen LogP contribution in [0.3, 0.4) is 0 Å². The summed E-state index contributed by atoms with van der Waals surface area (Å²) < 4.78 is 13.9. The minimum atomic E-state index is -0.256. The molecule has 3 N–H and O–H groups in total. The van der Waals surface area contributed by atoms with Gasteiger partial charge in [-0.3, -0.25) is 0 Å². The van der Waals surface area contributed by atoms with E-state index in [-0.39, 0.29) is 5.82 Å². The van der Waals surface area contributed by atoms with Crippen LogP contribution < -0.4 is 10.6 Å². The van der Waals surface area contributed by atoms with Gasteiger partial charge in [-0.1, -0.05) is 12.1 Å². The third-order valence-electron chi connectivity index (χ3n) is 4.77. The Bertz CT molecular complexity index is 880. The number of hydrogen-bond donors (Lipinski definition) is 3. The summed E-state index contributed by atoms with van der Waals surface area (Å²) in [5, 5.41) is 7.82. The number of hydrogen-bond acceptors (Lipinski definition) is 4. The average molecular weight is 339 g/mol. The van der Waals surface area contributed by atoms with Gasteiger partial charge in [0.25, 0.3) is 0 Å². The van der Waals surface area contributed by atoms with Gasteiger partial charge in [-0.2, -0.15) is 0 Å². The molecule has 0 aliphatic carbocycles. The van der Waals surface area contributed by atoms with Gasteiger partial charge < -0.3 is 15.6 Å². The van der Waals surface area contributed by atoms with E-state index >= 15 is 0 Å². The van der Waals surface area contributed by atoms with Crippen LogP contribution in [0, 0.1) is 5.82 Å². The molecule has 130 valence electrons. The third-order valence-corrected chi connectivity index (χ3v) is 4.77. The number of rotatable bonds is 3. The predicted molar refractivity (Wildman–Crippen MR) is 98.0 cm³/mol. The summed E-state index contributed by atoms with van der Waals surface area (Å²) in [4.78, 5) is 12.0. The third kappa shape index (κ3) is 3.22. The molecule has 5 nitrogen and oxygen atoms in total. The highest BCUT2D eigenvalue weighted by atomic mass is 19.1. The number of aromatic nitrogens is 3. The van der Waals surface area contributed by atoms with Crippen LogP contribution in [-0.4, -0.2) is 33.1 Å². The van der Waals surface area contributed by atoms with Crippen LogP contribution in [0.2, 0.25) is 0 Å². The maximum absolute atomic E-state index is 13.9. The smallest absolute Gasteiger partial charge is 0.223 e. The molecule has 3 atom stereocenters. The molecular formula is C19H22FN5. The molecule has 2 aromatic heterocycles. The molecule has 1 unspecified atom stereocenters. The van der Waals surface area contributed by atoms with Crippen LogP contribution in [-0.2, 0) is 0 Å². The Kier molecular flexibility index (Phi) is 4.13. The van der Waals surface area contributed by atoms with Gasteiger partial charge in [-0.25, -0.2) is 14.4 Å².